The molecule has 1 fully saturated rings. The zero-order valence-corrected chi connectivity index (χ0v) is 12.1. The van der Waals surface area contributed by atoms with Gasteiger partial charge in [-0.3, -0.25) is 0 Å². The molecular formula is C13H21N3OS. The van der Waals surface area contributed by atoms with Crippen molar-refractivity contribution >= 4 is 17.4 Å². The Hall–Kier alpha value is -1.10. The van der Waals surface area contributed by atoms with E-state index < -0.39 is 0 Å². The summed E-state index contributed by atoms with van der Waals surface area (Å²) in [5.41, 5.74) is 0. The Morgan fingerprint density at radius 3 is 2.78 bits per heavy atom. The first-order valence-electron chi connectivity index (χ1n) is 6.54. The fourth-order valence-electron chi connectivity index (χ4n) is 2.12. The van der Waals surface area contributed by atoms with Crippen LogP contribution in [0.3, 0.4) is 0 Å². The number of nitrogens with one attached hydrogen (secondary N) is 1. The number of amides is 2. The summed E-state index contributed by atoms with van der Waals surface area (Å²) in [6, 6.07) is 0.0396. The van der Waals surface area contributed by atoms with Crippen molar-refractivity contribution in [3.63, 3.8) is 0 Å². The number of urea groups is 1. The van der Waals surface area contributed by atoms with Gasteiger partial charge in [-0.05, 0) is 32.6 Å². The average Bonchev–Trinajstić information content (AvgIpc) is 2.76. The van der Waals surface area contributed by atoms with Crippen LogP contribution in [0.15, 0.2) is 6.20 Å². The Balaban J connectivity index is 1.87. The lowest BCUT2D eigenvalue weighted by Gasteiger charge is -2.31. The van der Waals surface area contributed by atoms with E-state index in [1.807, 2.05) is 24.9 Å². The van der Waals surface area contributed by atoms with Crippen molar-refractivity contribution in [1.82, 2.24) is 15.2 Å². The number of carbonyl (C=O) groups excluding carboxylic acids is 1. The Morgan fingerprint density at radius 2 is 2.22 bits per heavy atom. The third kappa shape index (κ3) is 3.22. The minimum Gasteiger partial charge on any atom is -0.329 e. The molecular weight excluding hydrogens is 246 g/mol. The van der Waals surface area contributed by atoms with Crippen LogP contribution in [-0.2, 0) is 0 Å². The predicted octanol–water partition coefficient (Wildman–Crippen LogP) is 2.95. The first-order chi connectivity index (χ1) is 8.56. The molecule has 18 heavy (non-hydrogen) atoms. The van der Waals surface area contributed by atoms with Crippen molar-refractivity contribution in [2.75, 3.05) is 13.1 Å². The van der Waals surface area contributed by atoms with Gasteiger partial charge in [0.15, 0.2) is 0 Å². The average molecular weight is 267 g/mol. The lowest BCUT2D eigenvalue weighted by Crippen LogP contribution is -2.44. The number of thiazole rings is 1. The summed E-state index contributed by atoms with van der Waals surface area (Å²) >= 11 is 1.64. The van der Waals surface area contributed by atoms with E-state index in [-0.39, 0.29) is 12.1 Å². The van der Waals surface area contributed by atoms with Crippen LogP contribution in [0.4, 0.5) is 4.79 Å². The number of hydrogen-bond acceptors (Lipinski definition) is 3. The lowest BCUT2D eigenvalue weighted by molar-refractivity contribution is 0.171. The van der Waals surface area contributed by atoms with Crippen molar-refractivity contribution in [3.8, 4) is 0 Å². The summed E-state index contributed by atoms with van der Waals surface area (Å²) in [4.78, 5) is 19.5. The largest absolute Gasteiger partial charge is 0.329 e. The van der Waals surface area contributed by atoms with Crippen molar-refractivity contribution in [1.29, 1.82) is 0 Å². The Morgan fingerprint density at radius 1 is 1.56 bits per heavy atom. The van der Waals surface area contributed by atoms with Crippen molar-refractivity contribution in [2.24, 2.45) is 5.92 Å². The smallest absolute Gasteiger partial charge is 0.317 e. The van der Waals surface area contributed by atoms with E-state index in [4.69, 9.17) is 0 Å². The van der Waals surface area contributed by atoms with Gasteiger partial charge in [0.1, 0.15) is 5.01 Å². The highest BCUT2D eigenvalue weighted by Crippen LogP contribution is 2.20. The molecule has 0 bridgehead atoms. The fraction of sp³-hybridized carbons (Fsp3) is 0.692. The highest BCUT2D eigenvalue weighted by molar-refractivity contribution is 7.11. The van der Waals surface area contributed by atoms with Gasteiger partial charge >= 0.3 is 6.03 Å². The number of aryl methyl sites for hydroxylation is 1. The van der Waals surface area contributed by atoms with Crippen molar-refractivity contribution in [3.05, 3.63) is 16.1 Å². The zero-order chi connectivity index (χ0) is 13.1. The quantitative estimate of drug-likeness (QED) is 0.895. The van der Waals surface area contributed by atoms with Gasteiger partial charge in [0.2, 0.25) is 0 Å². The third-order valence-corrected chi connectivity index (χ3v) is 4.52. The van der Waals surface area contributed by atoms with E-state index in [9.17, 15) is 4.79 Å². The number of likely N-dealkylation sites (tertiary alicyclic amines) is 1. The Kier molecular flexibility index (Phi) is 4.22. The Labute approximate surface area is 112 Å². The maximum Gasteiger partial charge on any atom is 0.317 e. The number of carbonyl (C=O) groups is 1. The van der Waals surface area contributed by atoms with Gasteiger partial charge in [0, 0.05) is 24.2 Å². The summed E-state index contributed by atoms with van der Waals surface area (Å²) < 4.78 is 0. The predicted molar refractivity (Wildman–Crippen MR) is 73.8 cm³/mol. The van der Waals surface area contributed by atoms with Crippen LogP contribution in [-0.4, -0.2) is 29.0 Å². The van der Waals surface area contributed by atoms with Gasteiger partial charge in [-0.2, -0.15) is 0 Å². The Bertz CT molecular complexity index is 410. The topological polar surface area (TPSA) is 45.2 Å². The molecule has 2 heterocycles. The molecule has 1 aliphatic heterocycles. The lowest BCUT2D eigenvalue weighted by atomic mass is 10.00. The minimum absolute atomic E-state index is 0.00412. The van der Waals surface area contributed by atoms with E-state index in [0.717, 1.165) is 36.9 Å². The summed E-state index contributed by atoms with van der Waals surface area (Å²) in [6.07, 6.45) is 4.07. The van der Waals surface area contributed by atoms with Crippen molar-refractivity contribution < 1.29 is 4.79 Å². The molecule has 0 aromatic carbocycles. The van der Waals surface area contributed by atoms with Crippen molar-refractivity contribution in [2.45, 2.75) is 39.7 Å². The highest BCUT2D eigenvalue weighted by atomic mass is 32.1. The van der Waals surface area contributed by atoms with Crippen LogP contribution in [0.1, 0.15) is 42.6 Å². The van der Waals surface area contributed by atoms with Gasteiger partial charge in [0.05, 0.1) is 6.04 Å². The van der Waals surface area contributed by atoms with E-state index >= 15 is 0 Å². The van der Waals surface area contributed by atoms with Gasteiger partial charge < -0.3 is 10.2 Å². The first-order valence-corrected chi connectivity index (χ1v) is 7.35. The number of hydrogen-bond donors (Lipinski definition) is 1. The highest BCUT2D eigenvalue weighted by Gasteiger charge is 2.22. The normalized spacial score (nSPS) is 18.7. The second-order valence-electron chi connectivity index (χ2n) is 5.15. The van der Waals surface area contributed by atoms with Gasteiger partial charge in [-0.25, -0.2) is 9.78 Å². The van der Waals surface area contributed by atoms with Crippen LogP contribution in [0.25, 0.3) is 0 Å². The maximum absolute atomic E-state index is 12.1. The van der Waals surface area contributed by atoms with Crippen LogP contribution < -0.4 is 5.32 Å². The van der Waals surface area contributed by atoms with Crippen LogP contribution in [0.2, 0.25) is 0 Å². The van der Waals surface area contributed by atoms with E-state index in [1.54, 1.807) is 11.3 Å². The van der Waals surface area contributed by atoms with E-state index in [1.165, 1.54) is 4.88 Å². The number of aromatic nitrogens is 1. The SMILES string of the molecule is Cc1cnc(C(C)NC(=O)N2CCC(C)CC2)s1. The van der Waals surface area contributed by atoms with Crippen LogP contribution in [0, 0.1) is 12.8 Å². The summed E-state index contributed by atoms with van der Waals surface area (Å²) in [6.45, 7) is 8.01. The van der Waals surface area contributed by atoms with Crippen LogP contribution in [0.5, 0.6) is 0 Å². The molecule has 5 heteroatoms. The molecule has 0 saturated carbocycles. The zero-order valence-electron chi connectivity index (χ0n) is 11.3. The minimum atomic E-state index is -0.00412. The molecule has 1 aromatic heterocycles. The molecule has 1 atom stereocenters. The molecule has 100 valence electrons. The molecule has 1 aliphatic rings. The molecule has 0 aliphatic carbocycles. The molecule has 0 spiro atoms. The molecule has 1 N–H and O–H groups in total. The van der Waals surface area contributed by atoms with Gasteiger partial charge in [-0.15, -0.1) is 11.3 Å². The molecule has 1 unspecified atom stereocenters. The standard InChI is InChI=1S/C13H21N3OS/c1-9-4-6-16(7-5-9)13(17)15-11(3)12-14-8-10(2)18-12/h8-9,11H,4-7H2,1-3H3,(H,15,17). The van der Waals surface area contributed by atoms with E-state index in [0.29, 0.717) is 0 Å². The maximum atomic E-state index is 12.1. The molecule has 2 amide bonds. The number of rotatable bonds is 2. The summed E-state index contributed by atoms with van der Waals surface area (Å²) in [5.74, 6) is 0.744. The summed E-state index contributed by atoms with van der Waals surface area (Å²) in [5, 5.41) is 4.01. The number of nitrogens with zero attached hydrogens (tertiary/aromatic N) is 2. The molecule has 1 aromatic rings. The van der Waals surface area contributed by atoms with Crippen LogP contribution >= 0.6 is 11.3 Å². The second-order valence-corrected chi connectivity index (χ2v) is 6.42. The summed E-state index contributed by atoms with van der Waals surface area (Å²) in [7, 11) is 0. The molecule has 0 radical (unpaired) electrons. The van der Waals surface area contributed by atoms with Gasteiger partial charge in [0.25, 0.3) is 0 Å². The molecule has 2 rings (SSSR count). The fourth-order valence-corrected chi connectivity index (χ4v) is 2.90. The number of piperidine rings is 1. The monoisotopic (exact) mass is 267 g/mol. The van der Waals surface area contributed by atoms with Gasteiger partial charge in [-0.1, -0.05) is 6.92 Å². The third-order valence-electron chi connectivity index (χ3n) is 3.42. The first kappa shape index (κ1) is 13.3. The molecule has 1 saturated heterocycles. The molecule has 4 nitrogen and oxygen atoms in total. The second kappa shape index (κ2) is 5.69. The van der Waals surface area contributed by atoms with E-state index in [2.05, 4.69) is 17.2 Å².